The van der Waals surface area contributed by atoms with Crippen LogP contribution in [0, 0.1) is 27.7 Å². The molecule has 0 amide bonds. The van der Waals surface area contributed by atoms with E-state index in [1.165, 1.54) is 22.3 Å². The van der Waals surface area contributed by atoms with Crippen LogP contribution in [0.2, 0.25) is 0 Å². The van der Waals surface area contributed by atoms with Crippen molar-refractivity contribution in [1.29, 1.82) is 0 Å². The number of hydrogen-bond acceptors (Lipinski definition) is 7. The lowest BCUT2D eigenvalue weighted by Gasteiger charge is -2.34. The van der Waals surface area contributed by atoms with Gasteiger partial charge in [0.15, 0.2) is 0 Å². The summed E-state index contributed by atoms with van der Waals surface area (Å²) in [5.41, 5.74) is 11.4. The maximum Gasteiger partial charge on any atom is 0.306 e. The van der Waals surface area contributed by atoms with E-state index in [1.54, 1.807) is 24.3 Å². The van der Waals surface area contributed by atoms with Crippen LogP contribution in [0.15, 0.2) is 121 Å². The Labute approximate surface area is 339 Å². The average molecular weight is 779 g/mol. The van der Waals surface area contributed by atoms with Crippen LogP contribution in [0.3, 0.4) is 0 Å². The predicted octanol–water partition coefficient (Wildman–Crippen LogP) is 10.3. The van der Waals surface area contributed by atoms with Crippen molar-refractivity contribution in [3.63, 3.8) is 0 Å². The first kappa shape index (κ1) is 41.1. The first-order valence-electron chi connectivity index (χ1n) is 19.4. The number of carbonyl (C=O) groups excluding carboxylic acids is 1. The second-order valence-electron chi connectivity index (χ2n) is 15.4. The van der Waals surface area contributed by atoms with E-state index in [0.717, 1.165) is 44.5 Å². The minimum Gasteiger partial charge on any atom is -0.508 e. The number of aromatic hydroxyl groups is 4. The lowest BCUT2D eigenvalue weighted by atomic mass is 9.67. The van der Waals surface area contributed by atoms with Gasteiger partial charge in [-0.05, 0) is 132 Å². The number of phenolic OH excluding ortho intramolecular Hbond substituents is 4. The highest BCUT2D eigenvalue weighted by atomic mass is 16.5. The summed E-state index contributed by atoms with van der Waals surface area (Å²) in [7, 11) is 0. The van der Waals surface area contributed by atoms with Gasteiger partial charge in [0, 0.05) is 5.41 Å². The second kappa shape index (κ2) is 16.9. The molecule has 0 heterocycles. The summed E-state index contributed by atoms with van der Waals surface area (Å²) in [5.74, 6) is -0.499. The van der Waals surface area contributed by atoms with E-state index < -0.39 is 22.8 Å². The van der Waals surface area contributed by atoms with Gasteiger partial charge in [-0.3, -0.25) is 9.59 Å². The Hall–Kier alpha value is -6.54. The molecule has 1 aliphatic carbocycles. The van der Waals surface area contributed by atoms with Crippen LogP contribution in [0.4, 0.5) is 0 Å². The van der Waals surface area contributed by atoms with Gasteiger partial charge in [0.25, 0.3) is 0 Å². The molecule has 0 saturated carbocycles. The summed E-state index contributed by atoms with van der Waals surface area (Å²) in [4.78, 5) is 22.2. The standard InChI is InChI=1S/C27H22O2.C23H28O6/c1-17-15-19(11-13-25(17)28)27(20-12-14-26(29)18(2)16-20)23-9-5-3-7-21(23)22-8-4-6-10-24(22)27;1-15-13-17(5-7-19(15)24)23(3,18-6-8-20(25)16(2)14-18)11-4-12-29-22(28)10-9-21(26)27/h3-16,28-29H,1-2H3;5-8,13-14,24-25H,4,9-12H2,1-3H3,(H,26,27). The van der Waals surface area contributed by atoms with E-state index in [1.807, 2.05) is 64.1 Å². The van der Waals surface area contributed by atoms with Gasteiger partial charge >= 0.3 is 11.9 Å². The number of aliphatic carboxylic acids is 1. The van der Waals surface area contributed by atoms with Crippen molar-refractivity contribution in [2.45, 2.75) is 71.1 Å². The Morgan fingerprint density at radius 3 is 1.40 bits per heavy atom. The van der Waals surface area contributed by atoms with Gasteiger partial charge in [-0.15, -0.1) is 0 Å². The first-order chi connectivity index (χ1) is 27.7. The molecule has 0 bridgehead atoms. The van der Waals surface area contributed by atoms with Gasteiger partial charge < -0.3 is 30.3 Å². The number of ether oxygens (including phenoxy) is 1. The van der Waals surface area contributed by atoms with Crippen molar-refractivity contribution in [2.75, 3.05) is 6.61 Å². The summed E-state index contributed by atoms with van der Waals surface area (Å²) < 4.78 is 5.16. The Kier molecular flexibility index (Phi) is 12.0. The molecule has 1 aliphatic rings. The number of benzene rings is 6. The molecule has 0 spiro atoms. The fourth-order valence-corrected chi connectivity index (χ4v) is 8.15. The van der Waals surface area contributed by atoms with Crippen LogP contribution in [-0.4, -0.2) is 44.1 Å². The molecule has 58 heavy (non-hydrogen) atoms. The number of hydrogen-bond donors (Lipinski definition) is 5. The van der Waals surface area contributed by atoms with E-state index in [4.69, 9.17) is 9.84 Å². The number of carboxylic acid groups (broad SMARTS) is 1. The highest BCUT2D eigenvalue weighted by Gasteiger charge is 2.46. The van der Waals surface area contributed by atoms with Gasteiger partial charge in [0.1, 0.15) is 23.0 Å². The zero-order chi connectivity index (χ0) is 41.8. The zero-order valence-electron chi connectivity index (χ0n) is 33.5. The van der Waals surface area contributed by atoms with Crippen LogP contribution in [0.25, 0.3) is 11.1 Å². The molecular weight excluding hydrogens is 729 g/mol. The lowest BCUT2D eigenvalue weighted by molar-refractivity contribution is -0.147. The van der Waals surface area contributed by atoms with E-state index in [0.29, 0.717) is 24.3 Å². The molecule has 6 aromatic carbocycles. The number of carboxylic acids is 1. The van der Waals surface area contributed by atoms with E-state index in [2.05, 4.69) is 67.6 Å². The third-order valence-corrected chi connectivity index (χ3v) is 11.5. The molecule has 5 N–H and O–H groups in total. The number of rotatable bonds is 11. The topological polar surface area (TPSA) is 145 Å². The fraction of sp³-hybridized carbons (Fsp3) is 0.240. The Bertz CT molecular complexity index is 2330. The molecule has 8 heteroatoms. The van der Waals surface area contributed by atoms with Crippen LogP contribution < -0.4 is 0 Å². The average Bonchev–Trinajstić information content (AvgIpc) is 3.51. The minimum atomic E-state index is -1.03. The SMILES string of the molecule is Cc1cc(C(C)(CCCOC(=O)CCC(=O)O)c2ccc(O)c(C)c2)ccc1O.Cc1cc(C2(c3ccc(O)c(C)c3)c3ccccc3-c3ccccc32)ccc1O. The van der Waals surface area contributed by atoms with Gasteiger partial charge in [0.2, 0.25) is 0 Å². The molecule has 0 saturated heterocycles. The predicted molar refractivity (Wildman–Crippen MR) is 226 cm³/mol. The summed E-state index contributed by atoms with van der Waals surface area (Å²) in [5, 5.41) is 48.8. The van der Waals surface area contributed by atoms with Crippen LogP contribution in [0.1, 0.15) is 88.2 Å². The minimum absolute atomic E-state index is 0.138. The monoisotopic (exact) mass is 778 g/mol. The van der Waals surface area contributed by atoms with E-state index in [-0.39, 0.29) is 30.9 Å². The van der Waals surface area contributed by atoms with E-state index >= 15 is 0 Å². The third-order valence-electron chi connectivity index (χ3n) is 11.5. The number of phenols is 4. The highest BCUT2D eigenvalue weighted by Crippen LogP contribution is 2.56. The molecule has 0 aromatic heterocycles. The van der Waals surface area contributed by atoms with Crippen molar-refractivity contribution >= 4 is 11.9 Å². The number of esters is 1. The van der Waals surface area contributed by atoms with Crippen LogP contribution in [-0.2, 0) is 25.2 Å². The quantitative estimate of drug-likeness (QED) is 0.0645. The normalized spacial score (nSPS) is 12.5. The van der Waals surface area contributed by atoms with Crippen molar-refractivity contribution in [3.8, 4) is 34.1 Å². The molecule has 8 nitrogen and oxygen atoms in total. The summed E-state index contributed by atoms with van der Waals surface area (Å²) in [6.45, 7) is 9.82. The van der Waals surface area contributed by atoms with Gasteiger partial charge in [0.05, 0.1) is 24.9 Å². The molecular formula is C50H50O8. The largest absolute Gasteiger partial charge is 0.508 e. The van der Waals surface area contributed by atoms with Gasteiger partial charge in [-0.1, -0.05) is 104 Å². The molecule has 6 aromatic rings. The molecule has 0 fully saturated rings. The highest BCUT2D eigenvalue weighted by molar-refractivity contribution is 5.86. The first-order valence-corrected chi connectivity index (χ1v) is 19.4. The second-order valence-corrected chi connectivity index (χ2v) is 15.4. The molecule has 298 valence electrons. The Balaban J connectivity index is 0.000000196. The maximum atomic E-state index is 11.6. The Morgan fingerprint density at radius 1 is 0.569 bits per heavy atom. The molecule has 0 aliphatic heterocycles. The molecule has 0 radical (unpaired) electrons. The van der Waals surface area contributed by atoms with Gasteiger partial charge in [-0.2, -0.15) is 0 Å². The summed E-state index contributed by atoms with van der Waals surface area (Å²) >= 11 is 0. The molecule has 0 unspecified atom stereocenters. The Morgan fingerprint density at radius 2 is 0.983 bits per heavy atom. The maximum absolute atomic E-state index is 11.6. The smallest absolute Gasteiger partial charge is 0.306 e. The van der Waals surface area contributed by atoms with Gasteiger partial charge in [-0.25, -0.2) is 0 Å². The lowest BCUT2D eigenvalue weighted by Crippen LogP contribution is -2.28. The zero-order valence-corrected chi connectivity index (χ0v) is 33.5. The number of fused-ring (bicyclic) bond motifs is 3. The number of aryl methyl sites for hydroxylation is 4. The molecule has 7 rings (SSSR count). The van der Waals surface area contributed by atoms with Crippen molar-refractivity contribution < 1.29 is 39.9 Å². The number of carbonyl (C=O) groups is 2. The third kappa shape index (κ3) is 8.00. The van der Waals surface area contributed by atoms with Crippen LogP contribution >= 0.6 is 0 Å². The van der Waals surface area contributed by atoms with Crippen LogP contribution in [0.5, 0.6) is 23.0 Å². The molecule has 0 atom stereocenters. The van der Waals surface area contributed by atoms with Crippen molar-refractivity contribution in [3.05, 3.63) is 177 Å². The van der Waals surface area contributed by atoms with Crippen molar-refractivity contribution in [1.82, 2.24) is 0 Å². The summed E-state index contributed by atoms with van der Waals surface area (Å²) in [6.07, 6.45) is 0.861. The van der Waals surface area contributed by atoms with E-state index in [9.17, 15) is 30.0 Å². The fourth-order valence-electron chi connectivity index (χ4n) is 8.15. The van der Waals surface area contributed by atoms with Crippen molar-refractivity contribution in [2.24, 2.45) is 0 Å². The summed E-state index contributed by atoms with van der Waals surface area (Å²) in [6, 6.07) is 39.8.